The molecule has 2 rings (SSSR count). The average Bonchev–Trinajstić information content (AvgIpc) is 3.01. The molecule has 0 radical (unpaired) electrons. The quantitative estimate of drug-likeness (QED) is 0.595. The lowest BCUT2D eigenvalue weighted by Gasteiger charge is -2.19. The van der Waals surface area contributed by atoms with E-state index in [1.807, 2.05) is 6.07 Å². The number of aromatic nitrogens is 2. The van der Waals surface area contributed by atoms with Crippen LogP contribution in [0, 0.1) is 11.3 Å². The number of anilines is 1. The number of aryl methyl sites for hydroxylation is 1. The molecule has 162 valence electrons. The zero-order valence-electron chi connectivity index (χ0n) is 16.5. The largest absolute Gasteiger partial charge is 0.496 e. The minimum absolute atomic E-state index is 0.00550. The third kappa shape index (κ3) is 5.16. The number of benzene rings is 1. The van der Waals surface area contributed by atoms with Crippen molar-refractivity contribution >= 4 is 23.3 Å². The molecule has 0 aliphatic rings. The summed E-state index contributed by atoms with van der Waals surface area (Å²) < 4.78 is 50.2. The molecule has 1 aromatic carbocycles. The zero-order valence-corrected chi connectivity index (χ0v) is 17.3. The van der Waals surface area contributed by atoms with E-state index in [2.05, 4.69) is 10.4 Å². The van der Waals surface area contributed by atoms with Crippen LogP contribution in [0.4, 0.5) is 18.9 Å². The summed E-state index contributed by atoms with van der Waals surface area (Å²) in [5.74, 6) is -0.513. The number of rotatable bonds is 8. The summed E-state index contributed by atoms with van der Waals surface area (Å²) in [6.45, 7) is 2.89. The van der Waals surface area contributed by atoms with Gasteiger partial charge in [-0.15, -0.1) is 0 Å². The molecule has 0 bridgehead atoms. The van der Waals surface area contributed by atoms with Crippen LogP contribution in [-0.4, -0.2) is 41.7 Å². The molecule has 0 saturated carbocycles. The lowest BCUT2D eigenvalue weighted by Crippen LogP contribution is -2.33. The number of nitrogens with one attached hydrogen (secondary N) is 1. The third-order valence-electron chi connectivity index (χ3n) is 4.13. The van der Waals surface area contributed by atoms with Gasteiger partial charge in [0.15, 0.2) is 5.69 Å². The zero-order chi connectivity index (χ0) is 22.5. The van der Waals surface area contributed by atoms with Gasteiger partial charge in [-0.05, 0) is 26.0 Å². The monoisotopic (exact) mass is 444 g/mol. The van der Waals surface area contributed by atoms with Crippen molar-refractivity contribution in [3.8, 4) is 23.1 Å². The molecular formula is C19H20ClF3N4O3. The van der Waals surface area contributed by atoms with E-state index in [0.29, 0.717) is 11.3 Å². The Morgan fingerprint density at radius 1 is 1.43 bits per heavy atom. The van der Waals surface area contributed by atoms with Gasteiger partial charge in [0.1, 0.15) is 16.8 Å². The predicted octanol–water partition coefficient (Wildman–Crippen LogP) is 4.67. The second-order valence-electron chi connectivity index (χ2n) is 6.19. The van der Waals surface area contributed by atoms with E-state index >= 15 is 0 Å². The van der Waals surface area contributed by atoms with Gasteiger partial charge in [0.05, 0.1) is 38.4 Å². The van der Waals surface area contributed by atoms with Crippen LogP contribution in [0.5, 0.6) is 5.75 Å². The lowest BCUT2D eigenvalue weighted by molar-refractivity contribution is -0.138. The van der Waals surface area contributed by atoms with E-state index in [-0.39, 0.29) is 41.7 Å². The Labute approximate surface area is 176 Å². The van der Waals surface area contributed by atoms with E-state index in [9.17, 15) is 18.0 Å². The van der Waals surface area contributed by atoms with Crippen LogP contribution in [0.3, 0.4) is 0 Å². The van der Waals surface area contributed by atoms with E-state index < -0.39 is 18.2 Å². The highest BCUT2D eigenvalue weighted by Gasteiger charge is 2.36. The Balaban J connectivity index is 2.53. The van der Waals surface area contributed by atoms with Gasteiger partial charge >= 0.3 is 12.1 Å². The van der Waals surface area contributed by atoms with Crippen LogP contribution in [0.25, 0.3) is 11.3 Å². The van der Waals surface area contributed by atoms with E-state index in [0.717, 1.165) is 6.92 Å². The average molecular weight is 445 g/mol. The van der Waals surface area contributed by atoms with Gasteiger partial charge in [-0.3, -0.25) is 4.68 Å². The molecule has 0 amide bonds. The Hall–Kier alpha value is -2.93. The van der Waals surface area contributed by atoms with Crippen LogP contribution >= 0.6 is 11.6 Å². The van der Waals surface area contributed by atoms with Crippen molar-refractivity contribution in [1.29, 1.82) is 5.26 Å². The third-order valence-corrected chi connectivity index (χ3v) is 4.49. The number of esters is 1. The first-order valence-corrected chi connectivity index (χ1v) is 9.33. The minimum atomic E-state index is -4.42. The molecule has 1 unspecified atom stereocenters. The number of methoxy groups -OCH3 is 1. The van der Waals surface area contributed by atoms with Crippen LogP contribution in [-0.2, 0) is 11.3 Å². The lowest BCUT2D eigenvalue weighted by atomic mass is 10.1. The molecule has 1 aromatic heterocycles. The fraction of sp³-hybridized carbons (Fsp3) is 0.421. The van der Waals surface area contributed by atoms with Crippen molar-refractivity contribution in [3.05, 3.63) is 28.9 Å². The minimum Gasteiger partial charge on any atom is -0.496 e. The highest BCUT2D eigenvalue weighted by atomic mass is 35.5. The van der Waals surface area contributed by atoms with E-state index in [1.54, 1.807) is 6.92 Å². The Morgan fingerprint density at radius 3 is 2.70 bits per heavy atom. The standard InChI is InChI=1S/C19H20ClF3N4O3/c1-4-30-18(28)16-15(20)17(27(26-16)9-5-8-24)13-7-6-12(10-14(13)29-3)25-11(2)19(21,22)23/h6-7,10-11,25H,4-5,9H2,1-3H3. The molecule has 1 N–H and O–H groups in total. The first-order valence-electron chi connectivity index (χ1n) is 8.96. The molecule has 0 aliphatic heterocycles. The van der Waals surface area contributed by atoms with Gasteiger partial charge in [-0.25, -0.2) is 4.79 Å². The Kier molecular flexibility index (Phi) is 7.56. The molecule has 0 fully saturated rings. The van der Waals surface area contributed by atoms with Gasteiger partial charge in [0.2, 0.25) is 0 Å². The molecular weight excluding hydrogens is 425 g/mol. The summed E-state index contributed by atoms with van der Waals surface area (Å²) in [7, 11) is 1.35. The number of halogens is 4. The summed E-state index contributed by atoms with van der Waals surface area (Å²) >= 11 is 6.40. The number of ether oxygens (including phenoxy) is 2. The van der Waals surface area contributed by atoms with Crippen molar-refractivity contribution in [2.24, 2.45) is 0 Å². The van der Waals surface area contributed by atoms with Gasteiger partial charge in [-0.1, -0.05) is 11.6 Å². The number of carbonyl (C=O) groups excluding carboxylic acids is 1. The van der Waals surface area contributed by atoms with Gasteiger partial charge in [-0.2, -0.15) is 23.5 Å². The van der Waals surface area contributed by atoms with Crippen molar-refractivity contribution in [2.45, 2.75) is 39.0 Å². The molecule has 2 aromatic rings. The molecule has 0 saturated heterocycles. The summed E-state index contributed by atoms with van der Waals surface area (Å²) in [6.07, 6.45) is -4.32. The second kappa shape index (κ2) is 9.71. The van der Waals surface area contributed by atoms with Crippen molar-refractivity contribution < 1.29 is 27.4 Å². The molecule has 30 heavy (non-hydrogen) atoms. The first kappa shape index (κ1) is 23.3. The Bertz CT molecular complexity index is 954. The second-order valence-corrected chi connectivity index (χ2v) is 6.56. The normalized spacial score (nSPS) is 12.2. The molecule has 1 heterocycles. The highest BCUT2D eigenvalue weighted by Crippen LogP contribution is 2.39. The molecule has 7 nitrogen and oxygen atoms in total. The smallest absolute Gasteiger partial charge is 0.408 e. The fourth-order valence-electron chi connectivity index (χ4n) is 2.65. The highest BCUT2D eigenvalue weighted by molar-refractivity contribution is 6.36. The first-order chi connectivity index (χ1) is 14.1. The maximum atomic E-state index is 12.8. The molecule has 11 heteroatoms. The number of hydrogen-bond donors (Lipinski definition) is 1. The summed E-state index contributed by atoms with van der Waals surface area (Å²) in [6, 6.07) is 4.54. The SMILES string of the molecule is CCOC(=O)c1nn(CCC#N)c(-c2ccc(NC(C)C(F)(F)F)cc2OC)c1Cl. The number of alkyl halides is 3. The van der Waals surface area contributed by atoms with Crippen molar-refractivity contribution in [1.82, 2.24) is 9.78 Å². The van der Waals surface area contributed by atoms with E-state index in [1.165, 1.54) is 30.0 Å². The van der Waals surface area contributed by atoms with Gasteiger partial charge < -0.3 is 14.8 Å². The molecule has 1 atom stereocenters. The number of hydrogen-bond acceptors (Lipinski definition) is 6. The van der Waals surface area contributed by atoms with Crippen LogP contribution in [0.1, 0.15) is 30.8 Å². The van der Waals surface area contributed by atoms with Crippen LogP contribution in [0.15, 0.2) is 18.2 Å². The summed E-state index contributed by atoms with van der Waals surface area (Å²) in [5, 5.41) is 15.4. The van der Waals surface area contributed by atoms with Crippen LogP contribution < -0.4 is 10.1 Å². The number of nitriles is 1. The maximum Gasteiger partial charge on any atom is 0.408 e. The van der Waals surface area contributed by atoms with Crippen molar-refractivity contribution in [2.75, 3.05) is 19.0 Å². The molecule has 0 spiro atoms. The number of nitrogens with zero attached hydrogens (tertiary/aromatic N) is 3. The predicted molar refractivity (Wildman–Crippen MR) is 105 cm³/mol. The van der Waals surface area contributed by atoms with Crippen LogP contribution in [0.2, 0.25) is 5.02 Å². The van der Waals surface area contributed by atoms with Crippen molar-refractivity contribution in [3.63, 3.8) is 0 Å². The maximum absolute atomic E-state index is 12.8. The van der Waals surface area contributed by atoms with Gasteiger partial charge in [0.25, 0.3) is 0 Å². The topological polar surface area (TPSA) is 89.2 Å². The summed E-state index contributed by atoms with van der Waals surface area (Å²) in [4.78, 5) is 12.2. The fourth-order valence-corrected chi connectivity index (χ4v) is 2.97. The summed E-state index contributed by atoms with van der Waals surface area (Å²) in [5.41, 5.74) is 0.752. The Morgan fingerprint density at radius 2 is 2.13 bits per heavy atom. The van der Waals surface area contributed by atoms with E-state index in [4.69, 9.17) is 26.3 Å². The molecule has 0 aliphatic carbocycles. The van der Waals surface area contributed by atoms with Gasteiger partial charge in [0, 0.05) is 17.3 Å². The number of carbonyl (C=O) groups is 1.